The molecule has 1 aromatic carbocycles. The molecule has 1 aliphatic heterocycles. The average Bonchev–Trinajstić information content (AvgIpc) is 3.14. The summed E-state index contributed by atoms with van der Waals surface area (Å²) in [5.41, 5.74) is 2.95. The monoisotopic (exact) mass is 353 g/mol. The van der Waals surface area contributed by atoms with Gasteiger partial charge in [-0.05, 0) is 50.5 Å². The number of ether oxygens (including phenoxy) is 1. The van der Waals surface area contributed by atoms with Gasteiger partial charge in [0.2, 0.25) is 5.91 Å². The molecule has 1 fully saturated rings. The summed E-state index contributed by atoms with van der Waals surface area (Å²) < 4.78 is 5.42. The van der Waals surface area contributed by atoms with Crippen LogP contribution >= 0.6 is 0 Å². The lowest BCUT2D eigenvalue weighted by Crippen LogP contribution is -2.43. The van der Waals surface area contributed by atoms with Crippen molar-refractivity contribution in [1.82, 2.24) is 9.88 Å². The van der Waals surface area contributed by atoms with Crippen LogP contribution in [0.3, 0.4) is 0 Å². The van der Waals surface area contributed by atoms with Crippen LogP contribution in [-0.4, -0.2) is 41.4 Å². The maximum absolute atomic E-state index is 12.8. The van der Waals surface area contributed by atoms with Crippen LogP contribution in [0.15, 0.2) is 36.5 Å². The van der Waals surface area contributed by atoms with Crippen LogP contribution in [0.1, 0.15) is 34.5 Å². The van der Waals surface area contributed by atoms with Crippen molar-refractivity contribution in [2.45, 2.75) is 32.7 Å². The van der Waals surface area contributed by atoms with E-state index in [-0.39, 0.29) is 11.8 Å². The molecule has 3 rings (SSSR count). The highest BCUT2D eigenvalue weighted by atomic mass is 16.5. The van der Waals surface area contributed by atoms with Crippen LogP contribution in [0, 0.1) is 13.8 Å². The number of methoxy groups -OCH3 is 1. The van der Waals surface area contributed by atoms with Gasteiger partial charge in [-0.1, -0.05) is 12.1 Å². The van der Waals surface area contributed by atoms with Crippen molar-refractivity contribution in [3.05, 3.63) is 53.3 Å². The van der Waals surface area contributed by atoms with E-state index in [4.69, 9.17) is 4.74 Å². The third-order valence-electron chi connectivity index (χ3n) is 4.77. The zero-order chi connectivity index (χ0) is 18.7. The van der Waals surface area contributed by atoms with Crippen molar-refractivity contribution in [2.75, 3.05) is 19.0 Å². The number of carbonyl (C=O) groups is 2. The number of amides is 2. The fourth-order valence-electron chi connectivity index (χ4n) is 3.41. The lowest BCUT2D eigenvalue weighted by molar-refractivity contribution is -0.119. The predicted molar refractivity (Wildman–Crippen MR) is 99.4 cm³/mol. The first kappa shape index (κ1) is 17.9. The van der Waals surface area contributed by atoms with Gasteiger partial charge in [-0.2, -0.15) is 0 Å². The van der Waals surface area contributed by atoms with Crippen molar-refractivity contribution in [3.63, 3.8) is 0 Å². The van der Waals surface area contributed by atoms with E-state index < -0.39 is 6.04 Å². The normalized spacial score (nSPS) is 16.4. The Hall–Kier alpha value is -2.89. The van der Waals surface area contributed by atoms with E-state index in [0.29, 0.717) is 24.3 Å². The molecule has 1 aliphatic rings. The first-order chi connectivity index (χ1) is 12.5. The summed E-state index contributed by atoms with van der Waals surface area (Å²) in [7, 11) is 1.62. The van der Waals surface area contributed by atoms with Crippen molar-refractivity contribution >= 4 is 17.5 Å². The number of rotatable bonds is 4. The van der Waals surface area contributed by atoms with Crippen LogP contribution in [0.5, 0.6) is 5.75 Å². The van der Waals surface area contributed by atoms with Crippen LogP contribution in [0.2, 0.25) is 0 Å². The molecule has 26 heavy (non-hydrogen) atoms. The largest absolute Gasteiger partial charge is 0.496 e. The minimum Gasteiger partial charge on any atom is -0.496 e. The second-order valence-electron chi connectivity index (χ2n) is 6.45. The van der Waals surface area contributed by atoms with E-state index in [1.807, 2.05) is 26.0 Å². The van der Waals surface area contributed by atoms with Gasteiger partial charge >= 0.3 is 0 Å². The second kappa shape index (κ2) is 7.56. The van der Waals surface area contributed by atoms with Gasteiger partial charge < -0.3 is 15.0 Å². The topological polar surface area (TPSA) is 71.5 Å². The first-order valence-corrected chi connectivity index (χ1v) is 8.70. The molecule has 6 nitrogen and oxygen atoms in total. The molecule has 2 amide bonds. The number of nitrogens with one attached hydrogen (secondary N) is 1. The van der Waals surface area contributed by atoms with Gasteiger partial charge in [-0.25, -0.2) is 0 Å². The SMILES string of the molecule is COc1c(C)ccc(NC(=O)[C@@H]2CCCN2C(=O)c2ccccn2)c1C. The number of hydrogen-bond donors (Lipinski definition) is 1. The van der Waals surface area contributed by atoms with Crippen molar-refractivity contribution in [2.24, 2.45) is 0 Å². The van der Waals surface area contributed by atoms with E-state index >= 15 is 0 Å². The lowest BCUT2D eigenvalue weighted by atomic mass is 10.1. The van der Waals surface area contributed by atoms with Gasteiger partial charge in [0.25, 0.3) is 5.91 Å². The Morgan fingerprint density at radius 3 is 2.73 bits per heavy atom. The molecule has 0 unspecified atom stereocenters. The summed E-state index contributed by atoms with van der Waals surface area (Å²) >= 11 is 0. The summed E-state index contributed by atoms with van der Waals surface area (Å²) in [4.78, 5) is 31.2. The lowest BCUT2D eigenvalue weighted by Gasteiger charge is -2.24. The van der Waals surface area contributed by atoms with E-state index in [1.54, 1.807) is 36.4 Å². The van der Waals surface area contributed by atoms with E-state index in [9.17, 15) is 9.59 Å². The van der Waals surface area contributed by atoms with Crippen LogP contribution < -0.4 is 10.1 Å². The number of benzene rings is 1. The second-order valence-corrected chi connectivity index (χ2v) is 6.45. The van der Waals surface area contributed by atoms with Gasteiger partial charge in [-0.15, -0.1) is 0 Å². The predicted octanol–water partition coefficient (Wildman–Crippen LogP) is 2.95. The number of carbonyl (C=O) groups excluding carboxylic acids is 2. The number of hydrogen-bond acceptors (Lipinski definition) is 4. The molecule has 1 saturated heterocycles. The van der Waals surface area contributed by atoms with E-state index in [0.717, 1.165) is 23.3 Å². The Morgan fingerprint density at radius 2 is 2.04 bits per heavy atom. The van der Waals surface area contributed by atoms with Crippen molar-refractivity contribution < 1.29 is 14.3 Å². The Balaban J connectivity index is 1.78. The number of pyridine rings is 1. The first-order valence-electron chi connectivity index (χ1n) is 8.70. The Labute approximate surface area is 153 Å². The fourth-order valence-corrected chi connectivity index (χ4v) is 3.41. The molecular weight excluding hydrogens is 330 g/mol. The third-order valence-corrected chi connectivity index (χ3v) is 4.77. The van der Waals surface area contributed by atoms with Crippen molar-refractivity contribution in [3.8, 4) is 5.75 Å². The maximum Gasteiger partial charge on any atom is 0.273 e. The molecular formula is C20H23N3O3. The zero-order valence-electron chi connectivity index (χ0n) is 15.3. The zero-order valence-corrected chi connectivity index (χ0v) is 15.3. The molecule has 2 aromatic rings. The minimum atomic E-state index is -0.490. The molecule has 0 aliphatic carbocycles. The molecule has 1 N–H and O–H groups in total. The minimum absolute atomic E-state index is 0.180. The molecule has 0 radical (unpaired) electrons. The smallest absolute Gasteiger partial charge is 0.273 e. The quantitative estimate of drug-likeness (QED) is 0.917. The number of likely N-dealkylation sites (tertiary alicyclic amines) is 1. The number of anilines is 1. The fraction of sp³-hybridized carbons (Fsp3) is 0.350. The summed E-state index contributed by atoms with van der Waals surface area (Å²) in [5.74, 6) is 0.373. The highest BCUT2D eigenvalue weighted by Gasteiger charge is 2.35. The maximum atomic E-state index is 12.8. The molecule has 0 saturated carbocycles. The summed E-state index contributed by atoms with van der Waals surface area (Å²) in [6.45, 7) is 4.43. The van der Waals surface area contributed by atoms with Gasteiger partial charge in [0.1, 0.15) is 17.5 Å². The van der Waals surface area contributed by atoms with Crippen LogP contribution in [0.25, 0.3) is 0 Å². The number of aryl methyl sites for hydroxylation is 1. The molecule has 1 atom stereocenters. The molecule has 6 heteroatoms. The summed E-state index contributed by atoms with van der Waals surface area (Å²) in [6.07, 6.45) is 3.03. The van der Waals surface area contributed by atoms with E-state index in [1.165, 1.54) is 0 Å². The molecule has 136 valence electrons. The third kappa shape index (κ3) is 3.40. The van der Waals surface area contributed by atoms with Gasteiger partial charge in [0.15, 0.2) is 0 Å². The standard InChI is InChI=1S/C20H23N3O3/c1-13-9-10-15(14(2)18(13)26-3)22-19(24)17-8-6-12-23(17)20(25)16-7-4-5-11-21-16/h4-5,7,9-11,17H,6,8,12H2,1-3H3,(H,22,24)/t17-/m0/s1. The molecule has 1 aromatic heterocycles. The van der Waals surface area contributed by atoms with Gasteiger partial charge in [-0.3, -0.25) is 14.6 Å². The summed E-state index contributed by atoms with van der Waals surface area (Å²) in [6, 6.07) is 8.49. The summed E-state index contributed by atoms with van der Waals surface area (Å²) in [5, 5.41) is 2.96. The molecule has 2 heterocycles. The molecule has 0 spiro atoms. The number of aromatic nitrogens is 1. The Morgan fingerprint density at radius 1 is 1.23 bits per heavy atom. The average molecular weight is 353 g/mol. The Kier molecular flexibility index (Phi) is 5.21. The van der Waals surface area contributed by atoms with Gasteiger partial charge in [0, 0.05) is 24.0 Å². The highest BCUT2D eigenvalue weighted by Crippen LogP contribution is 2.30. The van der Waals surface area contributed by atoms with Crippen LogP contribution in [0.4, 0.5) is 5.69 Å². The van der Waals surface area contributed by atoms with Crippen molar-refractivity contribution in [1.29, 1.82) is 0 Å². The molecule has 0 bridgehead atoms. The Bertz CT molecular complexity index is 821. The van der Waals surface area contributed by atoms with Crippen LogP contribution in [-0.2, 0) is 4.79 Å². The van der Waals surface area contributed by atoms with E-state index in [2.05, 4.69) is 10.3 Å². The highest BCUT2D eigenvalue weighted by molar-refractivity contribution is 6.01. The van der Waals surface area contributed by atoms with Gasteiger partial charge in [0.05, 0.1) is 7.11 Å². The number of nitrogens with zero attached hydrogens (tertiary/aromatic N) is 2.